The molecule has 3 nitrogen and oxygen atoms in total. The van der Waals surface area contributed by atoms with Crippen molar-refractivity contribution in [2.24, 2.45) is 5.92 Å². The third-order valence-electron chi connectivity index (χ3n) is 3.12. The zero-order chi connectivity index (χ0) is 12.1. The molecule has 0 radical (unpaired) electrons. The zero-order valence-electron chi connectivity index (χ0n) is 10.2. The van der Waals surface area contributed by atoms with Crippen LogP contribution in [-0.4, -0.2) is 25.5 Å². The van der Waals surface area contributed by atoms with Crippen LogP contribution in [0, 0.1) is 5.92 Å². The van der Waals surface area contributed by atoms with Gasteiger partial charge >= 0.3 is 0 Å². The maximum absolute atomic E-state index is 12.2. The second-order valence-electron chi connectivity index (χ2n) is 4.42. The van der Waals surface area contributed by atoms with Gasteiger partial charge in [-0.3, -0.25) is 4.79 Å². The van der Waals surface area contributed by atoms with E-state index in [0.717, 1.165) is 25.1 Å². The molecule has 0 saturated carbocycles. The van der Waals surface area contributed by atoms with E-state index in [1.165, 1.54) is 0 Å². The summed E-state index contributed by atoms with van der Waals surface area (Å²) in [5, 5.41) is 3.29. The molecule has 1 heterocycles. The molecule has 3 heteroatoms. The highest BCUT2D eigenvalue weighted by Gasteiger charge is 2.20. The van der Waals surface area contributed by atoms with Crippen molar-refractivity contribution in [3.63, 3.8) is 0 Å². The first kappa shape index (κ1) is 12.1. The van der Waals surface area contributed by atoms with Crippen LogP contribution in [0.5, 0.6) is 5.75 Å². The van der Waals surface area contributed by atoms with Gasteiger partial charge in [0.15, 0.2) is 5.78 Å². The van der Waals surface area contributed by atoms with Gasteiger partial charge in [-0.25, -0.2) is 0 Å². The Morgan fingerprint density at radius 3 is 3.00 bits per heavy atom. The van der Waals surface area contributed by atoms with E-state index in [1.807, 2.05) is 31.2 Å². The average molecular weight is 233 g/mol. The predicted molar refractivity (Wildman–Crippen MR) is 67.5 cm³/mol. The van der Waals surface area contributed by atoms with Crippen LogP contribution in [0.3, 0.4) is 0 Å². The lowest BCUT2D eigenvalue weighted by atomic mass is 9.97. The average Bonchev–Trinajstić information content (AvgIpc) is 2.83. The van der Waals surface area contributed by atoms with Crippen molar-refractivity contribution >= 4 is 5.78 Å². The van der Waals surface area contributed by atoms with E-state index in [4.69, 9.17) is 4.74 Å². The van der Waals surface area contributed by atoms with Crippen LogP contribution in [0.4, 0.5) is 0 Å². The number of ketones is 1. The number of hydrogen-bond donors (Lipinski definition) is 1. The van der Waals surface area contributed by atoms with Gasteiger partial charge in [0.25, 0.3) is 0 Å². The molecule has 92 valence electrons. The fraction of sp³-hybridized carbons (Fsp3) is 0.500. The number of carbonyl (C=O) groups is 1. The third-order valence-corrected chi connectivity index (χ3v) is 3.12. The van der Waals surface area contributed by atoms with Crippen molar-refractivity contribution in [2.75, 3.05) is 19.7 Å². The summed E-state index contributed by atoms with van der Waals surface area (Å²) in [5.41, 5.74) is 0.723. The quantitative estimate of drug-likeness (QED) is 0.793. The summed E-state index contributed by atoms with van der Waals surface area (Å²) in [6.07, 6.45) is 1.72. The number of nitrogens with one attached hydrogen (secondary N) is 1. The second kappa shape index (κ2) is 5.82. The van der Waals surface area contributed by atoms with Gasteiger partial charge in [0, 0.05) is 6.42 Å². The van der Waals surface area contributed by atoms with Crippen LogP contribution in [-0.2, 0) is 0 Å². The van der Waals surface area contributed by atoms with Crippen molar-refractivity contribution in [1.82, 2.24) is 5.32 Å². The fourth-order valence-corrected chi connectivity index (χ4v) is 2.24. The van der Waals surface area contributed by atoms with Crippen LogP contribution in [0.1, 0.15) is 30.1 Å². The van der Waals surface area contributed by atoms with Crippen molar-refractivity contribution in [3.8, 4) is 5.75 Å². The van der Waals surface area contributed by atoms with E-state index in [0.29, 0.717) is 24.7 Å². The SMILES string of the molecule is CCOc1ccccc1C(=O)CC1CCNC1. The molecule has 1 N–H and O–H groups in total. The maximum Gasteiger partial charge on any atom is 0.166 e. The number of para-hydroxylation sites is 1. The summed E-state index contributed by atoms with van der Waals surface area (Å²) < 4.78 is 5.49. The Balaban J connectivity index is 2.06. The monoisotopic (exact) mass is 233 g/mol. The summed E-state index contributed by atoms with van der Waals surface area (Å²) in [5.74, 6) is 1.39. The minimum atomic E-state index is 0.197. The second-order valence-corrected chi connectivity index (χ2v) is 4.42. The van der Waals surface area contributed by atoms with Gasteiger partial charge in [0.2, 0.25) is 0 Å². The first-order chi connectivity index (χ1) is 8.31. The van der Waals surface area contributed by atoms with Crippen LogP contribution in [0.15, 0.2) is 24.3 Å². The molecule has 0 aromatic heterocycles. The highest BCUT2D eigenvalue weighted by atomic mass is 16.5. The topological polar surface area (TPSA) is 38.3 Å². The molecule has 1 aliphatic heterocycles. The van der Waals surface area contributed by atoms with E-state index in [-0.39, 0.29) is 5.78 Å². The van der Waals surface area contributed by atoms with Gasteiger partial charge in [0.05, 0.1) is 12.2 Å². The molecule has 1 aromatic carbocycles. The van der Waals surface area contributed by atoms with Gasteiger partial charge in [-0.05, 0) is 44.5 Å². The van der Waals surface area contributed by atoms with Gasteiger partial charge in [-0.1, -0.05) is 12.1 Å². The molecular formula is C14H19NO2. The lowest BCUT2D eigenvalue weighted by Gasteiger charge is -2.11. The molecule has 1 aliphatic rings. The first-order valence-corrected chi connectivity index (χ1v) is 6.27. The summed E-state index contributed by atoms with van der Waals surface area (Å²) >= 11 is 0. The largest absolute Gasteiger partial charge is 0.493 e. The van der Waals surface area contributed by atoms with Crippen molar-refractivity contribution < 1.29 is 9.53 Å². The summed E-state index contributed by atoms with van der Waals surface area (Å²) in [6.45, 7) is 4.52. The van der Waals surface area contributed by atoms with Crippen LogP contribution in [0.2, 0.25) is 0 Å². The maximum atomic E-state index is 12.2. The van der Waals surface area contributed by atoms with Crippen molar-refractivity contribution in [3.05, 3.63) is 29.8 Å². The third kappa shape index (κ3) is 3.07. The summed E-state index contributed by atoms with van der Waals surface area (Å²) in [4.78, 5) is 12.2. The van der Waals surface area contributed by atoms with Crippen LogP contribution >= 0.6 is 0 Å². The Morgan fingerprint density at radius 2 is 2.29 bits per heavy atom. The molecule has 1 unspecified atom stereocenters. The molecular weight excluding hydrogens is 214 g/mol. The minimum absolute atomic E-state index is 0.197. The number of benzene rings is 1. The smallest absolute Gasteiger partial charge is 0.166 e. The van der Waals surface area contributed by atoms with E-state index < -0.39 is 0 Å². The Morgan fingerprint density at radius 1 is 1.47 bits per heavy atom. The highest BCUT2D eigenvalue weighted by molar-refractivity contribution is 5.98. The number of ether oxygens (including phenoxy) is 1. The minimum Gasteiger partial charge on any atom is -0.493 e. The molecule has 2 rings (SSSR count). The van der Waals surface area contributed by atoms with E-state index >= 15 is 0 Å². The Bertz CT molecular complexity index is 384. The van der Waals surface area contributed by atoms with Crippen LogP contribution in [0.25, 0.3) is 0 Å². The Kier molecular flexibility index (Phi) is 4.15. The first-order valence-electron chi connectivity index (χ1n) is 6.27. The predicted octanol–water partition coefficient (Wildman–Crippen LogP) is 2.27. The van der Waals surface area contributed by atoms with Gasteiger partial charge in [-0.15, -0.1) is 0 Å². The standard InChI is InChI=1S/C14H19NO2/c1-2-17-14-6-4-3-5-12(14)13(16)9-11-7-8-15-10-11/h3-6,11,15H,2,7-10H2,1H3. The zero-order valence-corrected chi connectivity index (χ0v) is 10.2. The molecule has 0 aliphatic carbocycles. The number of Topliss-reactive ketones (excluding diaryl/α,β-unsaturated/α-hetero) is 1. The number of hydrogen-bond acceptors (Lipinski definition) is 3. The van der Waals surface area contributed by atoms with Gasteiger partial charge in [-0.2, -0.15) is 0 Å². The molecule has 1 atom stereocenters. The van der Waals surface area contributed by atoms with Crippen LogP contribution < -0.4 is 10.1 Å². The Labute approximate surface area is 102 Å². The molecule has 0 spiro atoms. The van der Waals surface area contributed by atoms with Gasteiger partial charge < -0.3 is 10.1 Å². The fourth-order valence-electron chi connectivity index (χ4n) is 2.24. The molecule has 0 bridgehead atoms. The summed E-state index contributed by atoms with van der Waals surface area (Å²) in [7, 11) is 0. The van der Waals surface area contributed by atoms with E-state index in [9.17, 15) is 4.79 Å². The summed E-state index contributed by atoms with van der Waals surface area (Å²) in [6, 6.07) is 7.51. The lowest BCUT2D eigenvalue weighted by molar-refractivity contribution is 0.0961. The van der Waals surface area contributed by atoms with Crippen molar-refractivity contribution in [2.45, 2.75) is 19.8 Å². The van der Waals surface area contributed by atoms with E-state index in [1.54, 1.807) is 0 Å². The molecule has 1 aromatic rings. The molecule has 1 saturated heterocycles. The number of rotatable bonds is 5. The number of carbonyl (C=O) groups excluding carboxylic acids is 1. The van der Waals surface area contributed by atoms with Crippen molar-refractivity contribution in [1.29, 1.82) is 0 Å². The van der Waals surface area contributed by atoms with Gasteiger partial charge in [0.1, 0.15) is 5.75 Å². The molecule has 1 fully saturated rings. The normalized spacial score (nSPS) is 19.2. The Hall–Kier alpha value is -1.35. The highest BCUT2D eigenvalue weighted by Crippen LogP contribution is 2.23. The van der Waals surface area contributed by atoms with E-state index in [2.05, 4.69) is 5.32 Å². The lowest BCUT2D eigenvalue weighted by Crippen LogP contribution is -2.13. The molecule has 0 amide bonds. The molecule has 17 heavy (non-hydrogen) atoms.